The number of aliphatic hydroxyl groups excluding tert-OH is 1. The van der Waals surface area contributed by atoms with Crippen LogP contribution in [0.1, 0.15) is 27.2 Å². The lowest BCUT2D eigenvalue weighted by molar-refractivity contribution is 0.144. The van der Waals surface area contributed by atoms with Crippen molar-refractivity contribution in [2.45, 2.75) is 44.5 Å². The zero-order valence-corrected chi connectivity index (χ0v) is 12.5. The lowest BCUT2D eigenvalue weighted by Crippen LogP contribution is -2.52. The maximum atomic E-state index is 9.30. The molecule has 1 aliphatic heterocycles. The van der Waals surface area contributed by atoms with Crippen LogP contribution in [0.2, 0.25) is 0 Å². The quantitative estimate of drug-likeness (QED) is 0.757. The molecule has 0 spiro atoms. The summed E-state index contributed by atoms with van der Waals surface area (Å²) in [6.07, 6.45) is 3.30. The average molecular weight is 260 g/mol. The molecule has 0 amide bonds. The summed E-state index contributed by atoms with van der Waals surface area (Å²) in [6, 6.07) is 0.990. The van der Waals surface area contributed by atoms with Crippen molar-refractivity contribution in [2.75, 3.05) is 32.5 Å². The SMILES string of the molecule is CCN1CCC(NC(C)C(CO)SC)C(C)C1. The first kappa shape index (κ1) is 15.3. The fourth-order valence-corrected chi connectivity index (χ4v) is 3.28. The van der Waals surface area contributed by atoms with Gasteiger partial charge in [0.15, 0.2) is 0 Å². The van der Waals surface area contributed by atoms with Crippen LogP contribution in [0.3, 0.4) is 0 Å². The van der Waals surface area contributed by atoms with Crippen molar-refractivity contribution < 1.29 is 5.11 Å². The van der Waals surface area contributed by atoms with Gasteiger partial charge in [0.1, 0.15) is 0 Å². The molecule has 1 heterocycles. The third-order valence-electron chi connectivity index (χ3n) is 3.95. The Balaban J connectivity index is 2.41. The molecular formula is C13H28N2OS. The van der Waals surface area contributed by atoms with E-state index in [4.69, 9.17) is 0 Å². The second-order valence-corrected chi connectivity index (χ2v) is 6.25. The number of hydrogen-bond donors (Lipinski definition) is 2. The van der Waals surface area contributed by atoms with Crippen molar-refractivity contribution in [1.82, 2.24) is 10.2 Å². The second-order valence-electron chi connectivity index (χ2n) is 5.18. The third-order valence-corrected chi connectivity index (χ3v) is 5.12. The molecule has 1 saturated heterocycles. The molecule has 0 saturated carbocycles. The molecule has 102 valence electrons. The number of nitrogens with zero attached hydrogens (tertiary/aromatic N) is 1. The largest absolute Gasteiger partial charge is 0.395 e. The molecule has 0 bridgehead atoms. The summed E-state index contributed by atoms with van der Waals surface area (Å²) in [5.41, 5.74) is 0. The van der Waals surface area contributed by atoms with Crippen LogP contribution in [0.5, 0.6) is 0 Å². The van der Waals surface area contributed by atoms with E-state index in [1.54, 1.807) is 11.8 Å². The molecule has 1 fully saturated rings. The van der Waals surface area contributed by atoms with Gasteiger partial charge in [-0.05, 0) is 38.6 Å². The van der Waals surface area contributed by atoms with E-state index in [0.29, 0.717) is 23.3 Å². The topological polar surface area (TPSA) is 35.5 Å². The highest BCUT2D eigenvalue weighted by molar-refractivity contribution is 7.99. The van der Waals surface area contributed by atoms with Gasteiger partial charge in [0.05, 0.1) is 6.61 Å². The van der Waals surface area contributed by atoms with Gasteiger partial charge in [-0.3, -0.25) is 0 Å². The Morgan fingerprint density at radius 2 is 2.24 bits per heavy atom. The summed E-state index contributed by atoms with van der Waals surface area (Å²) in [7, 11) is 0. The smallest absolute Gasteiger partial charge is 0.0564 e. The second kappa shape index (κ2) is 7.62. The number of hydrogen-bond acceptors (Lipinski definition) is 4. The van der Waals surface area contributed by atoms with Crippen molar-refractivity contribution in [1.29, 1.82) is 0 Å². The predicted octanol–water partition coefficient (Wildman–Crippen LogP) is 1.42. The van der Waals surface area contributed by atoms with Gasteiger partial charge in [0.2, 0.25) is 0 Å². The first-order valence-corrected chi connectivity index (χ1v) is 8.03. The Bertz CT molecular complexity index is 212. The highest BCUT2D eigenvalue weighted by Gasteiger charge is 2.27. The molecular weight excluding hydrogens is 232 g/mol. The van der Waals surface area contributed by atoms with Gasteiger partial charge < -0.3 is 15.3 Å². The van der Waals surface area contributed by atoms with Crippen LogP contribution >= 0.6 is 11.8 Å². The van der Waals surface area contributed by atoms with Crippen molar-refractivity contribution in [3.63, 3.8) is 0 Å². The predicted molar refractivity (Wildman–Crippen MR) is 76.7 cm³/mol. The molecule has 1 aliphatic rings. The Hall–Kier alpha value is 0.230. The third kappa shape index (κ3) is 4.43. The minimum atomic E-state index is 0.261. The van der Waals surface area contributed by atoms with Gasteiger partial charge in [-0.1, -0.05) is 13.8 Å². The van der Waals surface area contributed by atoms with Gasteiger partial charge in [-0.25, -0.2) is 0 Å². The molecule has 4 atom stereocenters. The van der Waals surface area contributed by atoms with Crippen molar-refractivity contribution >= 4 is 11.8 Å². The van der Waals surface area contributed by atoms with Gasteiger partial charge in [-0.15, -0.1) is 0 Å². The lowest BCUT2D eigenvalue weighted by Gasteiger charge is -2.39. The van der Waals surface area contributed by atoms with E-state index < -0.39 is 0 Å². The van der Waals surface area contributed by atoms with E-state index >= 15 is 0 Å². The number of likely N-dealkylation sites (tertiary alicyclic amines) is 1. The zero-order valence-electron chi connectivity index (χ0n) is 11.6. The summed E-state index contributed by atoms with van der Waals surface area (Å²) >= 11 is 1.75. The lowest BCUT2D eigenvalue weighted by atomic mass is 9.93. The maximum absolute atomic E-state index is 9.30. The number of rotatable bonds is 6. The molecule has 0 aromatic carbocycles. The van der Waals surface area contributed by atoms with E-state index in [-0.39, 0.29) is 6.61 Å². The van der Waals surface area contributed by atoms with Gasteiger partial charge >= 0.3 is 0 Å². The number of piperidine rings is 1. The van der Waals surface area contributed by atoms with Crippen molar-refractivity contribution in [3.05, 3.63) is 0 Å². The highest BCUT2D eigenvalue weighted by atomic mass is 32.2. The molecule has 0 aromatic rings. The minimum Gasteiger partial charge on any atom is -0.395 e. The van der Waals surface area contributed by atoms with E-state index in [1.165, 1.54) is 19.5 Å². The van der Waals surface area contributed by atoms with Crippen LogP contribution in [0.15, 0.2) is 0 Å². The minimum absolute atomic E-state index is 0.261. The van der Waals surface area contributed by atoms with Crippen LogP contribution in [-0.4, -0.2) is 59.8 Å². The summed E-state index contributed by atoms with van der Waals surface area (Å²) < 4.78 is 0. The van der Waals surface area contributed by atoms with Crippen LogP contribution < -0.4 is 5.32 Å². The Labute approximate surface area is 110 Å². The molecule has 0 radical (unpaired) electrons. The zero-order chi connectivity index (χ0) is 12.8. The molecule has 0 aromatic heterocycles. The Morgan fingerprint density at radius 1 is 1.53 bits per heavy atom. The van der Waals surface area contributed by atoms with E-state index in [0.717, 1.165) is 6.54 Å². The highest BCUT2D eigenvalue weighted by Crippen LogP contribution is 2.19. The van der Waals surface area contributed by atoms with Gasteiger partial charge in [0.25, 0.3) is 0 Å². The summed E-state index contributed by atoms with van der Waals surface area (Å²) in [5, 5.41) is 13.3. The van der Waals surface area contributed by atoms with Crippen LogP contribution in [-0.2, 0) is 0 Å². The molecule has 3 nitrogen and oxygen atoms in total. The fourth-order valence-electron chi connectivity index (χ4n) is 2.65. The normalized spacial score (nSPS) is 30.2. The standard InChI is InChI=1S/C13H28N2OS/c1-5-15-7-6-12(10(2)8-15)14-11(3)13(9-16)17-4/h10-14,16H,5-9H2,1-4H3. The summed E-state index contributed by atoms with van der Waals surface area (Å²) in [6.45, 7) is 10.6. The van der Waals surface area contributed by atoms with Crippen molar-refractivity contribution in [2.24, 2.45) is 5.92 Å². The van der Waals surface area contributed by atoms with Gasteiger partial charge in [-0.2, -0.15) is 11.8 Å². The first-order chi connectivity index (χ1) is 8.12. The molecule has 1 rings (SSSR count). The van der Waals surface area contributed by atoms with Gasteiger partial charge in [0, 0.05) is 23.9 Å². The molecule has 4 heteroatoms. The Kier molecular flexibility index (Phi) is 6.85. The molecule has 17 heavy (non-hydrogen) atoms. The number of nitrogens with one attached hydrogen (secondary N) is 1. The number of aliphatic hydroxyl groups is 1. The average Bonchev–Trinajstić information content (AvgIpc) is 2.33. The van der Waals surface area contributed by atoms with E-state index in [9.17, 15) is 5.11 Å². The first-order valence-electron chi connectivity index (χ1n) is 6.74. The van der Waals surface area contributed by atoms with Crippen LogP contribution in [0.25, 0.3) is 0 Å². The Morgan fingerprint density at radius 3 is 2.71 bits per heavy atom. The van der Waals surface area contributed by atoms with Crippen molar-refractivity contribution in [3.8, 4) is 0 Å². The maximum Gasteiger partial charge on any atom is 0.0564 e. The molecule has 4 unspecified atom stereocenters. The number of thioether (sulfide) groups is 1. The molecule has 2 N–H and O–H groups in total. The monoisotopic (exact) mass is 260 g/mol. The van der Waals surface area contributed by atoms with E-state index in [1.807, 2.05) is 0 Å². The van der Waals surface area contributed by atoms with E-state index in [2.05, 4.69) is 37.2 Å². The fraction of sp³-hybridized carbons (Fsp3) is 1.00. The summed E-state index contributed by atoms with van der Waals surface area (Å²) in [4.78, 5) is 2.52. The summed E-state index contributed by atoms with van der Waals surface area (Å²) in [5.74, 6) is 0.701. The van der Waals surface area contributed by atoms with Crippen LogP contribution in [0, 0.1) is 5.92 Å². The van der Waals surface area contributed by atoms with Crippen LogP contribution in [0.4, 0.5) is 0 Å². The molecule has 0 aliphatic carbocycles.